The van der Waals surface area contributed by atoms with Crippen molar-refractivity contribution in [1.82, 2.24) is 0 Å². The minimum Gasteiger partial charge on any atom is -0.464 e. The van der Waals surface area contributed by atoms with Crippen LogP contribution in [0.25, 0.3) is 11.1 Å². The third kappa shape index (κ3) is 6.09. The fourth-order valence-electron chi connectivity index (χ4n) is 3.21. The highest BCUT2D eigenvalue weighted by molar-refractivity contribution is 5.99. The average molecular weight is 412 g/mol. The van der Waals surface area contributed by atoms with Crippen LogP contribution >= 0.6 is 0 Å². The van der Waals surface area contributed by atoms with Crippen molar-refractivity contribution in [3.8, 4) is 11.1 Å². The number of amides is 1. The van der Waals surface area contributed by atoms with Crippen molar-refractivity contribution in [2.45, 2.75) is 66.0 Å². The Hall–Kier alpha value is -2.82. The van der Waals surface area contributed by atoms with E-state index in [0.717, 1.165) is 24.0 Å². The van der Waals surface area contributed by atoms with Gasteiger partial charge in [-0.25, -0.2) is 9.59 Å². The Morgan fingerprint density at radius 3 is 2.20 bits per heavy atom. The normalized spacial score (nSPS) is 12.2. The summed E-state index contributed by atoms with van der Waals surface area (Å²) in [6.07, 6.45) is 1.52. The summed E-state index contributed by atoms with van der Waals surface area (Å²) in [6, 6.07) is 15.0. The van der Waals surface area contributed by atoms with Gasteiger partial charge in [-0.05, 0) is 58.2 Å². The molecule has 0 heterocycles. The van der Waals surface area contributed by atoms with E-state index in [1.54, 1.807) is 34.6 Å². The van der Waals surface area contributed by atoms with E-state index >= 15 is 0 Å². The molecule has 0 radical (unpaired) electrons. The van der Waals surface area contributed by atoms with Crippen LogP contribution < -0.4 is 4.90 Å². The van der Waals surface area contributed by atoms with Gasteiger partial charge in [-0.2, -0.15) is 0 Å². The number of rotatable bonds is 7. The molecule has 0 spiro atoms. The molecule has 0 N–H and O–H groups in total. The SMILES string of the molecule is CCCc1ccc(-c2ccccc2N(C(=O)OC(C)(C)C)[C@@H](C)C(=O)OCC)cc1. The molecule has 0 saturated heterocycles. The van der Waals surface area contributed by atoms with Gasteiger partial charge in [0.2, 0.25) is 0 Å². The first-order valence-electron chi connectivity index (χ1n) is 10.5. The van der Waals surface area contributed by atoms with E-state index < -0.39 is 23.7 Å². The number of hydrogen-bond acceptors (Lipinski definition) is 4. The van der Waals surface area contributed by atoms with Crippen LogP contribution in [0.1, 0.15) is 53.5 Å². The summed E-state index contributed by atoms with van der Waals surface area (Å²) < 4.78 is 10.8. The Morgan fingerprint density at radius 1 is 1.00 bits per heavy atom. The molecule has 1 atom stereocenters. The summed E-state index contributed by atoms with van der Waals surface area (Å²) >= 11 is 0. The van der Waals surface area contributed by atoms with Crippen LogP contribution in [0.15, 0.2) is 48.5 Å². The maximum Gasteiger partial charge on any atom is 0.415 e. The minimum absolute atomic E-state index is 0.242. The van der Waals surface area contributed by atoms with Gasteiger partial charge in [-0.3, -0.25) is 4.90 Å². The number of esters is 1. The molecule has 5 heteroatoms. The molecule has 2 rings (SSSR count). The van der Waals surface area contributed by atoms with E-state index in [4.69, 9.17) is 9.47 Å². The number of nitrogens with zero attached hydrogens (tertiary/aromatic N) is 1. The lowest BCUT2D eigenvalue weighted by atomic mass is 9.99. The van der Waals surface area contributed by atoms with Crippen molar-refractivity contribution in [2.75, 3.05) is 11.5 Å². The van der Waals surface area contributed by atoms with Crippen molar-refractivity contribution in [3.63, 3.8) is 0 Å². The number of benzene rings is 2. The topological polar surface area (TPSA) is 55.8 Å². The smallest absolute Gasteiger partial charge is 0.415 e. The zero-order chi connectivity index (χ0) is 22.3. The van der Waals surface area contributed by atoms with E-state index in [0.29, 0.717) is 5.69 Å². The second-order valence-electron chi connectivity index (χ2n) is 8.24. The molecule has 0 fully saturated rings. The van der Waals surface area contributed by atoms with Crippen LogP contribution in [0.2, 0.25) is 0 Å². The van der Waals surface area contributed by atoms with Crippen LogP contribution in [0.4, 0.5) is 10.5 Å². The lowest BCUT2D eigenvalue weighted by Gasteiger charge is -2.32. The van der Waals surface area contributed by atoms with Gasteiger partial charge in [-0.1, -0.05) is 55.8 Å². The van der Waals surface area contributed by atoms with Crippen LogP contribution in [0.5, 0.6) is 0 Å². The summed E-state index contributed by atoms with van der Waals surface area (Å²) in [4.78, 5) is 27.0. The van der Waals surface area contributed by atoms with E-state index in [-0.39, 0.29) is 6.61 Å². The van der Waals surface area contributed by atoms with E-state index in [2.05, 4.69) is 19.1 Å². The summed E-state index contributed by atoms with van der Waals surface area (Å²) in [5.74, 6) is -0.476. The Kier molecular flexibility index (Phi) is 8.04. The van der Waals surface area contributed by atoms with Gasteiger partial charge in [0.15, 0.2) is 0 Å². The first kappa shape index (κ1) is 23.5. The Labute approximate surface area is 180 Å². The zero-order valence-corrected chi connectivity index (χ0v) is 18.9. The molecule has 0 aromatic heterocycles. The summed E-state index contributed by atoms with van der Waals surface area (Å²) in [5.41, 5.74) is 3.00. The lowest BCUT2D eigenvalue weighted by Crippen LogP contribution is -2.47. The fraction of sp³-hybridized carbons (Fsp3) is 0.440. The van der Waals surface area contributed by atoms with Crippen LogP contribution in [0.3, 0.4) is 0 Å². The van der Waals surface area contributed by atoms with Gasteiger partial charge in [-0.15, -0.1) is 0 Å². The molecular formula is C25H33NO4. The first-order chi connectivity index (χ1) is 14.2. The predicted octanol–water partition coefficient (Wildman–Crippen LogP) is 6.00. The third-order valence-electron chi connectivity index (χ3n) is 4.57. The number of carbonyl (C=O) groups is 2. The number of aryl methyl sites for hydroxylation is 1. The molecular weight excluding hydrogens is 378 g/mol. The Bertz CT molecular complexity index is 852. The van der Waals surface area contributed by atoms with Gasteiger partial charge < -0.3 is 9.47 Å². The second kappa shape index (κ2) is 10.3. The zero-order valence-electron chi connectivity index (χ0n) is 18.9. The summed E-state index contributed by atoms with van der Waals surface area (Å²) in [7, 11) is 0. The maximum atomic E-state index is 13.1. The molecule has 5 nitrogen and oxygen atoms in total. The van der Waals surface area contributed by atoms with E-state index in [1.807, 2.05) is 36.4 Å². The molecule has 0 aliphatic rings. The molecule has 2 aromatic rings. The monoisotopic (exact) mass is 411 g/mol. The highest BCUT2D eigenvalue weighted by Crippen LogP contribution is 2.33. The highest BCUT2D eigenvalue weighted by atomic mass is 16.6. The molecule has 1 amide bonds. The number of hydrogen-bond donors (Lipinski definition) is 0. The van der Waals surface area contributed by atoms with E-state index in [1.165, 1.54) is 10.5 Å². The molecule has 0 aliphatic carbocycles. The number of carbonyl (C=O) groups excluding carboxylic acids is 2. The molecule has 30 heavy (non-hydrogen) atoms. The third-order valence-corrected chi connectivity index (χ3v) is 4.57. The van der Waals surface area contributed by atoms with Gasteiger partial charge >= 0.3 is 12.1 Å². The quantitative estimate of drug-likeness (QED) is 0.524. The van der Waals surface area contributed by atoms with Gasteiger partial charge in [0.05, 0.1) is 12.3 Å². The van der Waals surface area contributed by atoms with Gasteiger partial charge in [0, 0.05) is 5.56 Å². The van der Waals surface area contributed by atoms with Crippen LogP contribution in [0, 0.1) is 0 Å². The molecule has 0 bridgehead atoms. The maximum absolute atomic E-state index is 13.1. The van der Waals surface area contributed by atoms with Crippen molar-refractivity contribution >= 4 is 17.7 Å². The van der Waals surface area contributed by atoms with Crippen LogP contribution in [-0.4, -0.2) is 30.3 Å². The Balaban J connectivity index is 2.52. The largest absolute Gasteiger partial charge is 0.464 e. The predicted molar refractivity (Wildman–Crippen MR) is 121 cm³/mol. The second-order valence-corrected chi connectivity index (χ2v) is 8.24. The summed E-state index contributed by atoms with van der Waals surface area (Å²) in [5, 5.41) is 0. The Morgan fingerprint density at radius 2 is 1.63 bits per heavy atom. The first-order valence-corrected chi connectivity index (χ1v) is 10.5. The van der Waals surface area contributed by atoms with Crippen molar-refractivity contribution in [1.29, 1.82) is 0 Å². The molecule has 0 unspecified atom stereocenters. The number of anilines is 1. The molecule has 0 saturated carbocycles. The standard InChI is InChI=1S/C25H33NO4/c1-7-11-19-14-16-20(17-15-19)21-12-9-10-13-22(21)26(18(3)23(27)29-8-2)24(28)30-25(4,5)6/h9-10,12-18H,7-8,11H2,1-6H3/t18-/m0/s1. The fourth-order valence-corrected chi connectivity index (χ4v) is 3.21. The van der Waals surface area contributed by atoms with Crippen molar-refractivity contribution in [2.24, 2.45) is 0 Å². The molecule has 0 aliphatic heterocycles. The number of para-hydroxylation sites is 1. The molecule has 162 valence electrons. The molecule has 2 aromatic carbocycles. The minimum atomic E-state index is -0.833. The van der Waals surface area contributed by atoms with Crippen molar-refractivity contribution < 1.29 is 19.1 Å². The number of ether oxygens (including phenoxy) is 2. The lowest BCUT2D eigenvalue weighted by molar-refractivity contribution is -0.144. The van der Waals surface area contributed by atoms with Crippen molar-refractivity contribution in [3.05, 3.63) is 54.1 Å². The van der Waals surface area contributed by atoms with E-state index in [9.17, 15) is 9.59 Å². The summed E-state index contributed by atoms with van der Waals surface area (Å²) in [6.45, 7) is 11.2. The van der Waals surface area contributed by atoms with Gasteiger partial charge in [0.1, 0.15) is 11.6 Å². The highest BCUT2D eigenvalue weighted by Gasteiger charge is 2.33. The van der Waals surface area contributed by atoms with Crippen LogP contribution in [-0.2, 0) is 20.7 Å². The average Bonchev–Trinajstić information content (AvgIpc) is 2.68. The van der Waals surface area contributed by atoms with Gasteiger partial charge in [0.25, 0.3) is 0 Å².